The molecule has 152 valence electrons. The number of nitrogens with one attached hydrogen (secondary N) is 3. The molecule has 0 saturated heterocycles. The topological polar surface area (TPSA) is 96.8 Å². The summed E-state index contributed by atoms with van der Waals surface area (Å²) in [5.74, 6) is 1.32. The Bertz CT molecular complexity index is 985. The highest BCUT2D eigenvalue weighted by atomic mass is 32.2. The Kier molecular flexibility index (Phi) is 6.71. The summed E-state index contributed by atoms with van der Waals surface area (Å²) in [5.41, 5.74) is 3.95. The first-order chi connectivity index (χ1) is 14.0. The van der Waals surface area contributed by atoms with E-state index in [0.717, 1.165) is 27.5 Å². The van der Waals surface area contributed by atoms with E-state index >= 15 is 0 Å². The zero-order valence-corrected chi connectivity index (χ0v) is 17.8. The predicted molar refractivity (Wildman–Crippen MR) is 117 cm³/mol. The lowest BCUT2D eigenvalue weighted by Gasteiger charge is -2.10. The van der Waals surface area contributed by atoms with Gasteiger partial charge in [0.1, 0.15) is 5.82 Å². The van der Waals surface area contributed by atoms with Crippen molar-refractivity contribution in [3.63, 3.8) is 0 Å². The standard InChI is InChI=1S/C20H25N7OS/c1-13-14(2)26-27(15(13)3)19-9-8-18(24-25-19)21-10-11-22-20(28)23-16-6-5-7-17(12-16)29-4/h5-9,12H,10-11H2,1-4H3,(H,21,24)(H2,22,23,28). The highest BCUT2D eigenvalue weighted by molar-refractivity contribution is 7.98. The Labute approximate surface area is 174 Å². The van der Waals surface area contributed by atoms with Gasteiger partial charge in [0.25, 0.3) is 0 Å². The van der Waals surface area contributed by atoms with Crippen molar-refractivity contribution in [1.82, 2.24) is 25.3 Å². The van der Waals surface area contributed by atoms with Gasteiger partial charge < -0.3 is 16.0 Å². The number of rotatable bonds is 7. The molecule has 0 unspecified atom stereocenters. The summed E-state index contributed by atoms with van der Waals surface area (Å²) in [6.45, 7) is 7.02. The largest absolute Gasteiger partial charge is 0.367 e. The van der Waals surface area contributed by atoms with E-state index in [1.54, 1.807) is 16.4 Å². The van der Waals surface area contributed by atoms with Crippen molar-refractivity contribution in [3.05, 3.63) is 53.3 Å². The summed E-state index contributed by atoms with van der Waals surface area (Å²) in [6.07, 6.45) is 2.00. The maximum atomic E-state index is 12.0. The molecule has 0 atom stereocenters. The number of carbonyl (C=O) groups is 1. The maximum Gasteiger partial charge on any atom is 0.319 e. The molecule has 0 fully saturated rings. The molecule has 0 aliphatic rings. The second-order valence-electron chi connectivity index (χ2n) is 6.52. The minimum atomic E-state index is -0.244. The predicted octanol–water partition coefficient (Wildman–Crippen LogP) is 3.54. The monoisotopic (exact) mass is 411 g/mol. The third-order valence-corrected chi connectivity index (χ3v) is 5.29. The average molecular weight is 412 g/mol. The molecule has 3 aromatic rings. The Morgan fingerprint density at radius 1 is 1.10 bits per heavy atom. The molecular formula is C20H25N7OS. The van der Waals surface area contributed by atoms with Crippen LogP contribution in [0, 0.1) is 20.8 Å². The van der Waals surface area contributed by atoms with Gasteiger partial charge in [0, 0.05) is 29.4 Å². The van der Waals surface area contributed by atoms with Crippen molar-refractivity contribution in [3.8, 4) is 5.82 Å². The summed E-state index contributed by atoms with van der Waals surface area (Å²) >= 11 is 1.63. The smallest absolute Gasteiger partial charge is 0.319 e. The number of benzene rings is 1. The molecule has 9 heteroatoms. The zero-order chi connectivity index (χ0) is 20.8. The quantitative estimate of drug-likeness (QED) is 0.406. The molecule has 0 aliphatic carbocycles. The van der Waals surface area contributed by atoms with Crippen LogP contribution >= 0.6 is 11.8 Å². The van der Waals surface area contributed by atoms with Crippen LogP contribution in [0.2, 0.25) is 0 Å². The number of aromatic nitrogens is 4. The first kappa shape index (κ1) is 20.7. The minimum Gasteiger partial charge on any atom is -0.367 e. The van der Waals surface area contributed by atoms with E-state index in [2.05, 4.69) is 31.2 Å². The van der Waals surface area contributed by atoms with Crippen LogP contribution in [0.15, 0.2) is 41.3 Å². The van der Waals surface area contributed by atoms with Crippen LogP contribution < -0.4 is 16.0 Å². The molecule has 8 nitrogen and oxygen atoms in total. The van der Waals surface area contributed by atoms with Gasteiger partial charge in [-0.3, -0.25) is 0 Å². The molecule has 0 radical (unpaired) electrons. The SMILES string of the molecule is CSc1cccc(NC(=O)NCCNc2ccc(-n3nc(C)c(C)c3C)nn2)c1. The van der Waals surface area contributed by atoms with Crippen LogP contribution in [0.1, 0.15) is 17.0 Å². The first-order valence-electron chi connectivity index (χ1n) is 9.27. The van der Waals surface area contributed by atoms with Crippen molar-refractivity contribution in [2.24, 2.45) is 0 Å². The third kappa shape index (κ3) is 5.26. The molecule has 1 aromatic carbocycles. The molecule has 2 amide bonds. The van der Waals surface area contributed by atoms with Crippen molar-refractivity contribution in [1.29, 1.82) is 0 Å². The second kappa shape index (κ2) is 9.42. The van der Waals surface area contributed by atoms with Gasteiger partial charge in [0.15, 0.2) is 5.82 Å². The molecule has 2 heterocycles. The Morgan fingerprint density at radius 2 is 1.93 bits per heavy atom. The second-order valence-corrected chi connectivity index (χ2v) is 7.40. The molecular weight excluding hydrogens is 386 g/mol. The zero-order valence-electron chi connectivity index (χ0n) is 17.0. The lowest BCUT2D eigenvalue weighted by Crippen LogP contribution is -2.32. The number of hydrogen-bond donors (Lipinski definition) is 3. The summed E-state index contributed by atoms with van der Waals surface area (Å²) in [4.78, 5) is 13.1. The van der Waals surface area contributed by atoms with Crippen LogP contribution in [-0.2, 0) is 0 Å². The third-order valence-electron chi connectivity index (χ3n) is 4.56. The molecule has 0 saturated carbocycles. The van der Waals surface area contributed by atoms with E-state index in [9.17, 15) is 4.79 Å². The van der Waals surface area contributed by atoms with Gasteiger partial charge in [-0.25, -0.2) is 9.48 Å². The first-order valence-corrected chi connectivity index (χ1v) is 10.5. The number of carbonyl (C=O) groups excluding carboxylic acids is 1. The molecule has 0 bridgehead atoms. The Hall–Kier alpha value is -3.07. The number of urea groups is 1. The Balaban J connectivity index is 1.45. The van der Waals surface area contributed by atoms with Crippen molar-refractivity contribution < 1.29 is 4.79 Å². The van der Waals surface area contributed by atoms with E-state index < -0.39 is 0 Å². The van der Waals surface area contributed by atoms with E-state index in [0.29, 0.717) is 24.7 Å². The lowest BCUT2D eigenvalue weighted by atomic mass is 10.2. The van der Waals surface area contributed by atoms with Gasteiger partial charge in [-0.1, -0.05) is 6.07 Å². The van der Waals surface area contributed by atoms with Crippen LogP contribution in [0.3, 0.4) is 0 Å². The molecule has 3 rings (SSSR count). The fraction of sp³-hybridized carbons (Fsp3) is 0.300. The molecule has 0 spiro atoms. The van der Waals surface area contributed by atoms with Crippen molar-refractivity contribution in [2.75, 3.05) is 30.0 Å². The summed E-state index contributed by atoms with van der Waals surface area (Å²) in [5, 5.41) is 21.7. The summed E-state index contributed by atoms with van der Waals surface area (Å²) in [7, 11) is 0. The molecule has 29 heavy (non-hydrogen) atoms. The molecule has 0 aliphatic heterocycles. The average Bonchev–Trinajstić information content (AvgIpc) is 2.99. The molecule has 2 aromatic heterocycles. The molecule has 3 N–H and O–H groups in total. The van der Waals surface area contributed by atoms with Crippen molar-refractivity contribution >= 4 is 29.3 Å². The summed E-state index contributed by atoms with van der Waals surface area (Å²) in [6, 6.07) is 11.2. The highest BCUT2D eigenvalue weighted by Gasteiger charge is 2.10. The lowest BCUT2D eigenvalue weighted by molar-refractivity contribution is 0.252. The maximum absolute atomic E-state index is 12.0. The van der Waals surface area contributed by atoms with Crippen LogP contribution in [0.4, 0.5) is 16.3 Å². The minimum absolute atomic E-state index is 0.244. The fourth-order valence-corrected chi connectivity index (χ4v) is 3.18. The van der Waals surface area contributed by atoms with E-state index in [-0.39, 0.29) is 6.03 Å². The number of amides is 2. The number of hydrogen-bond acceptors (Lipinski definition) is 6. The van der Waals surface area contributed by atoms with Gasteiger partial charge in [-0.15, -0.1) is 22.0 Å². The number of aryl methyl sites for hydroxylation is 1. The van der Waals surface area contributed by atoms with Crippen LogP contribution in [0.5, 0.6) is 0 Å². The fourth-order valence-electron chi connectivity index (χ4n) is 2.72. The van der Waals surface area contributed by atoms with Gasteiger partial charge in [-0.2, -0.15) is 5.10 Å². The van der Waals surface area contributed by atoms with Crippen molar-refractivity contribution in [2.45, 2.75) is 25.7 Å². The van der Waals surface area contributed by atoms with E-state index in [1.165, 1.54) is 0 Å². The number of nitrogens with zero attached hydrogens (tertiary/aromatic N) is 4. The van der Waals surface area contributed by atoms with Gasteiger partial charge in [0.05, 0.1) is 5.69 Å². The van der Waals surface area contributed by atoms with Crippen LogP contribution in [0.25, 0.3) is 5.82 Å². The number of thioether (sulfide) groups is 1. The van der Waals surface area contributed by atoms with Gasteiger partial charge in [-0.05, 0) is 62.9 Å². The Morgan fingerprint density at radius 3 is 2.59 bits per heavy atom. The summed E-state index contributed by atoms with van der Waals surface area (Å²) < 4.78 is 1.79. The van der Waals surface area contributed by atoms with Gasteiger partial charge >= 0.3 is 6.03 Å². The normalized spacial score (nSPS) is 10.6. The van der Waals surface area contributed by atoms with Gasteiger partial charge in [0.2, 0.25) is 0 Å². The number of anilines is 2. The van der Waals surface area contributed by atoms with Crippen LogP contribution in [-0.4, -0.2) is 45.4 Å². The highest BCUT2D eigenvalue weighted by Crippen LogP contribution is 2.19. The van der Waals surface area contributed by atoms with E-state index in [1.807, 2.05) is 63.4 Å². The van der Waals surface area contributed by atoms with E-state index in [4.69, 9.17) is 0 Å².